The van der Waals surface area contributed by atoms with Gasteiger partial charge in [-0.05, 0) is 65.2 Å². The van der Waals surface area contributed by atoms with Crippen molar-refractivity contribution in [2.75, 3.05) is 33.2 Å². The molecular formula is C16H35N3. The molecule has 2 atom stereocenters. The first-order valence-electron chi connectivity index (χ1n) is 8.21. The maximum Gasteiger partial charge on any atom is 0.0117 e. The van der Waals surface area contributed by atoms with Gasteiger partial charge in [-0.15, -0.1) is 0 Å². The minimum atomic E-state index is 0.364. The molecule has 3 nitrogen and oxygen atoms in total. The molecule has 2 N–H and O–H groups in total. The summed E-state index contributed by atoms with van der Waals surface area (Å²) < 4.78 is 0. The van der Waals surface area contributed by atoms with Crippen molar-refractivity contribution < 1.29 is 0 Å². The van der Waals surface area contributed by atoms with Crippen LogP contribution in [0.4, 0.5) is 0 Å². The third kappa shape index (κ3) is 6.73. The summed E-state index contributed by atoms with van der Waals surface area (Å²) in [7, 11) is 2.31. The third-order valence-electron chi connectivity index (χ3n) is 4.58. The van der Waals surface area contributed by atoms with Gasteiger partial charge in [-0.1, -0.05) is 20.3 Å². The summed E-state index contributed by atoms with van der Waals surface area (Å²) in [6.45, 7) is 11.8. The second-order valence-corrected chi connectivity index (χ2v) is 6.62. The van der Waals surface area contributed by atoms with E-state index >= 15 is 0 Å². The van der Waals surface area contributed by atoms with Crippen LogP contribution in [0.1, 0.15) is 52.9 Å². The molecule has 0 saturated carbocycles. The molecule has 0 aromatic rings. The molecule has 0 spiro atoms. The highest BCUT2D eigenvalue weighted by Gasteiger charge is 2.22. The van der Waals surface area contributed by atoms with Gasteiger partial charge in [-0.25, -0.2) is 0 Å². The number of hydrogen-bond donors (Lipinski definition) is 1. The van der Waals surface area contributed by atoms with E-state index in [1.165, 1.54) is 58.3 Å². The predicted octanol–water partition coefficient (Wildman–Crippen LogP) is 2.56. The summed E-state index contributed by atoms with van der Waals surface area (Å²) in [5.41, 5.74) is 5.81. The molecule has 0 aromatic heterocycles. The molecule has 1 rings (SSSR count). The molecule has 19 heavy (non-hydrogen) atoms. The first kappa shape index (κ1) is 16.9. The van der Waals surface area contributed by atoms with Crippen molar-refractivity contribution in [2.24, 2.45) is 11.7 Å². The SMILES string of the molecule is CCN1CCC(N(C)CC(C)CCCC(C)N)CC1. The van der Waals surface area contributed by atoms with Crippen LogP contribution in [-0.4, -0.2) is 55.1 Å². The summed E-state index contributed by atoms with van der Waals surface area (Å²) in [5.74, 6) is 0.799. The zero-order valence-electron chi connectivity index (χ0n) is 13.6. The average molecular weight is 269 g/mol. The van der Waals surface area contributed by atoms with Crippen molar-refractivity contribution in [2.45, 2.75) is 65.0 Å². The predicted molar refractivity (Wildman–Crippen MR) is 84.4 cm³/mol. The van der Waals surface area contributed by atoms with Crippen molar-refractivity contribution in [1.82, 2.24) is 9.80 Å². The molecule has 0 radical (unpaired) electrons. The summed E-state index contributed by atoms with van der Waals surface area (Å²) in [6, 6.07) is 1.17. The van der Waals surface area contributed by atoms with E-state index in [1.807, 2.05) is 0 Å². The van der Waals surface area contributed by atoms with E-state index in [2.05, 4.69) is 37.6 Å². The van der Waals surface area contributed by atoms with E-state index in [4.69, 9.17) is 5.73 Å². The second-order valence-electron chi connectivity index (χ2n) is 6.62. The maximum absolute atomic E-state index is 5.81. The summed E-state index contributed by atoms with van der Waals surface area (Å²) in [6.07, 6.45) is 6.46. The van der Waals surface area contributed by atoms with Gasteiger partial charge in [0, 0.05) is 18.6 Å². The molecule has 0 aromatic carbocycles. The Kier molecular flexibility index (Phi) is 7.96. The largest absolute Gasteiger partial charge is 0.328 e. The van der Waals surface area contributed by atoms with Crippen LogP contribution in [0.15, 0.2) is 0 Å². The first-order chi connectivity index (χ1) is 9.02. The van der Waals surface area contributed by atoms with Crippen LogP contribution in [0.3, 0.4) is 0 Å². The van der Waals surface area contributed by atoms with Gasteiger partial charge in [0.2, 0.25) is 0 Å². The van der Waals surface area contributed by atoms with E-state index in [-0.39, 0.29) is 0 Å². The molecule has 2 unspecified atom stereocenters. The number of nitrogens with two attached hydrogens (primary N) is 1. The van der Waals surface area contributed by atoms with Crippen LogP contribution in [0.5, 0.6) is 0 Å². The Morgan fingerprint density at radius 2 is 1.84 bits per heavy atom. The van der Waals surface area contributed by atoms with E-state index in [0.717, 1.165) is 12.0 Å². The van der Waals surface area contributed by atoms with Crippen molar-refractivity contribution in [3.05, 3.63) is 0 Å². The van der Waals surface area contributed by atoms with Crippen LogP contribution >= 0.6 is 0 Å². The summed E-state index contributed by atoms with van der Waals surface area (Å²) in [5, 5.41) is 0. The minimum absolute atomic E-state index is 0.364. The van der Waals surface area contributed by atoms with E-state index in [1.54, 1.807) is 0 Å². The molecule has 3 heteroatoms. The van der Waals surface area contributed by atoms with Crippen LogP contribution in [-0.2, 0) is 0 Å². The summed E-state index contributed by atoms with van der Waals surface area (Å²) >= 11 is 0. The van der Waals surface area contributed by atoms with Crippen molar-refractivity contribution >= 4 is 0 Å². The van der Waals surface area contributed by atoms with Crippen molar-refractivity contribution in [3.8, 4) is 0 Å². The van der Waals surface area contributed by atoms with Crippen molar-refractivity contribution in [3.63, 3.8) is 0 Å². The topological polar surface area (TPSA) is 32.5 Å². The first-order valence-corrected chi connectivity index (χ1v) is 8.21. The molecule has 0 bridgehead atoms. The van der Waals surface area contributed by atoms with Crippen LogP contribution < -0.4 is 5.73 Å². The standard InChI is InChI=1S/C16H35N3/c1-5-19-11-9-16(10-12-19)18(4)13-14(2)7-6-8-15(3)17/h14-16H,5-13,17H2,1-4H3. The molecule has 1 heterocycles. The number of rotatable bonds is 8. The highest BCUT2D eigenvalue weighted by Crippen LogP contribution is 2.18. The average Bonchev–Trinajstić information content (AvgIpc) is 2.38. The van der Waals surface area contributed by atoms with Crippen LogP contribution in [0.25, 0.3) is 0 Å². The van der Waals surface area contributed by atoms with Crippen molar-refractivity contribution in [1.29, 1.82) is 0 Å². The van der Waals surface area contributed by atoms with Gasteiger partial charge in [0.15, 0.2) is 0 Å². The highest BCUT2D eigenvalue weighted by atomic mass is 15.2. The summed E-state index contributed by atoms with van der Waals surface area (Å²) in [4.78, 5) is 5.17. The lowest BCUT2D eigenvalue weighted by atomic mass is 9.98. The quantitative estimate of drug-likeness (QED) is 0.735. The third-order valence-corrected chi connectivity index (χ3v) is 4.58. The zero-order chi connectivity index (χ0) is 14.3. The molecule has 0 aliphatic carbocycles. The van der Waals surface area contributed by atoms with Gasteiger partial charge in [-0.3, -0.25) is 0 Å². The van der Waals surface area contributed by atoms with Gasteiger partial charge < -0.3 is 15.5 Å². The van der Waals surface area contributed by atoms with Crippen LogP contribution in [0.2, 0.25) is 0 Å². The minimum Gasteiger partial charge on any atom is -0.328 e. The smallest absolute Gasteiger partial charge is 0.0117 e. The van der Waals surface area contributed by atoms with Crippen LogP contribution in [0, 0.1) is 5.92 Å². The number of hydrogen-bond acceptors (Lipinski definition) is 3. The Morgan fingerprint density at radius 1 is 1.21 bits per heavy atom. The Hall–Kier alpha value is -0.120. The van der Waals surface area contributed by atoms with E-state index < -0.39 is 0 Å². The zero-order valence-corrected chi connectivity index (χ0v) is 13.6. The fraction of sp³-hybridized carbons (Fsp3) is 1.00. The lowest BCUT2D eigenvalue weighted by molar-refractivity contribution is 0.119. The molecule has 1 aliphatic heterocycles. The van der Waals surface area contributed by atoms with Gasteiger partial charge in [0.1, 0.15) is 0 Å². The molecule has 1 saturated heterocycles. The van der Waals surface area contributed by atoms with E-state index in [0.29, 0.717) is 6.04 Å². The monoisotopic (exact) mass is 269 g/mol. The van der Waals surface area contributed by atoms with Gasteiger partial charge in [0.05, 0.1) is 0 Å². The molecular weight excluding hydrogens is 234 g/mol. The Balaban J connectivity index is 2.17. The number of nitrogens with zero attached hydrogens (tertiary/aromatic N) is 2. The molecule has 1 fully saturated rings. The molecule has 1 aliphatic rings. The Morgan fingerprint density at radius 3 is 2.37 bits per heavy atom. The second kappa shape index (κ2) is 8.93. The lowest BCUT2D eigenvalue weighted by Gasteiger charge is -2.37. The Bertz CT molecular complexity index is 222. The molecule has 114 valence electrons. The fourth-order valence-electron chi connectivity index (χ4n) is 3.20. The fourth-order valence-corrected chi connectivity index (χ4v) is 3.20. The van der Waals surface area contributed by atoms with Gasteiger partial charge in [-0.2, -0.15) is 0 Å². The lowest BCUT2D eigenvalue weighted by Crippen LogP contribution is -2.44. The Labute approximate surface area is 120 Å². The van der Waals surface area contributed by atoms with Gasteiger partial charge >= 0.3 is 0 Å². The van der Waals surface area contributed by atoms with Gasteiger partial charge in [0.25, 0.3) is 0 Å². The van der Waals surface area contributed by atoms with E-state index in [9.17, 15) is 0 Å². The molecule has 0 amide bonds. The number of likely N-dealkylation sites (tertiary alicyclic amines) is 1. The number of piperidine rings is 1. The normalized spacial score (nSPS) is 21.8. The maximum atomic E-state index is 5.81. The highest BCUT2D eigenvalue weighted by molar-refractivity contribution is 4.78.